The molecule has 0 saturated carbocycles. The first-order valence-corrected chi connectivity index (χ1v) is 23.1. The van der Waals surface area contributed by atoms with Crippen molar-refractivity contribution >= 4 is 49.4 Å². The van der Waals surface area contributed by atoms with Gasteiger partial charge in [-0.2, -0.15) is 0 Å². The summed E-state index contributed by atoms with van der Waals surface area (Å²) in [6, 6.07) is 99.5. The molecule has 0 saturated heterocycles. The van der Waals surface area contributed by atoms with Gasteiger partial charge in [0.2, 0.25) is 0 Å². The van der Waals surface area contributed by atoms with Crippen LogP contribution in [0.15, 0.2) is 273 Å². The monoisotopic (exact) mass is 851 g/mol. The Morgan fingerprint density at radius 2 is 0.642 bits per heavy atom. The first-order chi connectivity index (χ1) is 33.2. The number of hydrogen-bond acceptors (Lipinski definition) is 1. The van der Waals surface area contributed by atoms with Crippen LogP contribution in [0.4, 0.5) is 17.1 Å². The van der Waals surface area contributed by atoms with Crippen LogP contribution in [0.3, 0.4) is 0 Å². The first kappa shape index (κ1) is 39.8. The zero-order chi connectivity index (χ0) is 44.5. The van der Waals surface area contributed by atoms with Gasteiger partial charge >= 0.3 is 0 Å². The van der Waals surface area contributed by atoms with Crippen LogP contribution in [0.25, 0.3) is 99.1 Å². The van der Waals surface area contributed by atoms with Crippen LogP contribution in [0.1, 0.15) is 0 Å². The minimum Gasteiger partial charge on any atom is -0.310 e. The Hall–Kier alpha value is -8.78. The Bertz CT molecular complexity index is 3700. The molecule has 0 bridgehead atoms. The summed E-state index contributed by atoms with van der Waals surface area (Å²) in [5, 5.41) is 7.52. The molecule has 0 N–H and O–H groups in total. The van der Waals surface area contributed by atoms with E-state index in [9.17, 15) is 0 Å². The van der Waals surface area contributed by atoms with Crippen molar-refractivity contribution < 1.29 is 0 Å². The maximum atomic E-state index is 2.44. The van der Waals surface area contributed by atoms with E-state index < -0.39 is 0 Å². The largest absolute Gasteiger partial charge is 0.310 e. The molecule has 0 aliphatic heterocycles. The molecule has 0 amide bonds. The number of nitrogens with zero attached hydrogens (tertiary/aromatic N) is 1. The highest BCUT2D eigenvalue weighted by Crippen LogP contribution is 2.45. The fraction of sp³-hybridized carbons (Fsp3) is 0. The minimum atomic E-state index is 1.07. The molecule has 0 atom stereocenters. The summed E-state index contributed by atoms with van der Waals surface area (Å²) in [4.78, 5) is 2.44. The van der Waals surface area contributed by atoms with Crippen molar-refractivity contribution in [2.24, 2.45) is 0 Å². The Kier molecular flexibility index (Phi) is 10.3. The lowest BCUT2D eigenvalue weighted by atomic mass is 9.91. The summed E-state index contributed by atoms with van der Waals surface area (Å²) in [6.07, 6.45) is 0. The quantitative estimate of drug-likeness (QED) is 0.131. The Labute approximate surface area is 392 Å². The van der Waals surface area contributed by atoms with Gasteiger partial charge in [-0.3, -0.25) is 0 Å². The van der Waals surface area contributed by atoms with E-state index in [1.54, 1.807) is 0 Å². The summed E-state index contributed by atoms with van der Waals surface area (Å²) in [5.41, 5.74) is 17.5. The molecule has 0 aliphatic rings. The Balaban J connectivity index is 1.00. The van der Waals surface area contributed by atoms with Gasteiger partial charge in [-0.05, 0) is 136 Å². The van der Waals surface area contributed by atoms with Crippen molar-refractivity contribution in [3.05, 3.63) is 273 Å². The molecule has 0 aromatic heterocycles. The standard InChI is InChI=1S/C66H45N/c1-4-15-48(16-5-1)62-40-34-54(44-65(62)51-19-8-3-9-20-51)47-31-38-58(39-32-47)67(57-36-29-46(30-37-57)53-33-41-63-55(43-53)28-27-52-22-11-13-25-60(52)63)66-45-56(35-42-64(66)50-17-6-2-7-18-50)61-26-14-23-49-21-10-12-24-59(49)61/h1-45H. The van der Waals surface area contributed by atoms with E-state index in [4.69, 9.17) is 0 Å². The molecule has 0 spiro atoms. The van der Waals surface area contributed by atoms with Crippen LogP contribution >= 0.6 is 0 Å². The molecular formula is C66H45N. The van der Waals surface area contributed by atoms with Gasteiger partial charge in [-0.25, -0.2) is 0 Å². The number of rotatable bonds is 9. The zero-order valence-corrected chi connectivity index (χ0v) is 36.9. The van der Waals surface area contributed by atoms with Gasteiger partial charge in [0, 0.05) is 16.9 Å². The summed E-state index contributed by atoms with van der Waals surface area (Å²) in [7, 11) is 0. The van der Waals surface area contributed by atoms with Crippen molar-refractivity contribution in [2.45, 2.75) is 0 Å². The molecule has 0 heterocycles. The molecule has 0 radical (unpaired) electrons. The minimum absolute atomic E-state index is 1.07. The fourth-order valence-corrected chi connectivity index (χ4v) is 9.90. The predicted molar refractivity (Wildman–Crippen MR) is 286 cm³/mol. The van der Waals surface area contributed by atoms with Gasteiger partial charge < -0.3 is 4.90 Å². The zero-order valence-electron chi connectivity index (χ0n) is 36.9. The molecule has 1 heteroatoms. The van der Waals surface area contributed by atoms with E-state index in [0.29, 0.717) is 0 Å². The maximum Gasteiger partial charge on any atom is 0.0546 e. The molecule has 12 aromatic rings. The van der Waals surface area contributed by atoms with Crippen molar-refractivity contribution in [3.63, 3.8) is 0 Å². The van der Waals surface area contributed by atoms with Gasteiger partial charge in [0.25, 0.3) is 0 Å². The second-order valence-electron chi connectivity index (χ2n) is 17.3. The van der Waals surface area contributed by atoms with Crippen LogP contribution in [0.2, 0.25) is 0 Å². The van der Waals surface area contributed by atoms with Crippen LogP contribution in [-0.2, 0) is 0 Å². The predicted octanol–water partition coefficient (Wildman–Crippen LogP) is 18.6. The van der Waals surface area contributed by atoms with E-state index in [0.717, 1.165) is 33.8 Å². The third-order valence-electron chi connectivity index (χ3n) is 13.3. The maximum absolute atomic E-state index is 2.44. The highest BCUT2D eigenvalue weighted by Gasteiger charge is 2.20. The third-order valence-corrected chi connectivity index (χ3v) is 13.3. The van der Waals surface area contributed by atoms with Gasteiger partial charge in [0.15, 0.2) is 0 Å². The fourth-order valence-electron chi connectivity index (χ4n) is 9.90. The molecule has 12 rings (SSSR count). The number of fused-ring (bicyclic) bond motifs is 4. The van der Waals surface area contributed by atoms with Gasteiger partial charge in [0.1, 0.15) is 0 Å². The molecule has 0 aliphatic carbocycles. The lowest BCUT2D eigenvalue weighted by Gasteiger charge is -2.29. The smallest absolute Gasteiger partial charge is 0.0546 e. The van der Waals surface area contributed by atoms with E-state index in [1.165, 1.54) is 82.4 Å². The van der Waals surface area contributed by atoms with E-state index in [-0.39, 0.29) is 0 Å². The Morgan fingerprint density at radius 1 is 0.194 bits per heavy atom. The van der Waals surface area contributed by atoms with Crippen LogP contribution in [0.5, 0.6) is 0 Å². The highest BCUT2D eigenvalue weighted by molar-refractivity contribution is 6.08. The van der Waals surface area contributed by atoms with Crippen molar-refractivity contribution in [3.8, 4) is 66.8 Å². The Morgan fingerprint density at radius 3 is 1.30 bits per heavy atom. The second kappa shape index (κ2) is 17.3. The number of benzene rings is 12. The molecule has 67 heavy (non-hydrogen) atoms. The molecule has 12 aromatic carbocycles. The van der Waals surface area contributed by atoms with Crippen molar-refractivity contribution in [1.29, 1.82) is 0 Å². The molecule has 314 valence electrons. The summed E-state index contributed by atoms with van der Waals surface area (Å²) >= 11 is 0. The molecule has 0 fully saturated rings. The van der Waals surface area contributed by atoms with Crippen LogP contribution in [-0.4, -0.2) is 0 Å². The van der Waals surface area contributed by atoms with Crippen LogP contribution < -0.4 is 4.90 Å². The van der Waals surface area contributed by atoms with E-state index in [2.05, 4.69) is 278 Å². The summed E-state index contributed by atoms with van der Waals surface area (Å²) < 4.78 is 0. The van der Waals surface area contributed by atoms with Crippen LogP contribution in [0, 0.1) is 0 Å². The molecule has 1 nitrogen and oxygen atoms in total. The molecule has 0 unspecified atom stereocenters. The number of hydrogen-bond donors (Lipinski definition) is 0. The van der Waals surface area contributed by atoms with Crippen molar-refractivity contribution in [2.75, 3.05) is 4.90 Å². The average molecular weight is 852 g/mol. The summed E-state index contributed by atoms with van der Waals surface area (Å²) in [6.45, 7) is 0. The number of anilines is 3. The van der Waals surface area contributed by atoms with E-state index in [1.807, 2.05) is 0 Å². The van der Waals surface area contributed by atoms with Gasteiger partial charge in [-0.15, -0.1) is 0 Å². The topological polar surface area (TPSA) is 3.24 Å². The third kappa shape index (κ3) is 7.63. The normalized spacial score (nSPS) is 11.3. The first-order valence-electron chi connectivity index (χ1n) is 23.1. The lowest BCUT2D eigenvalue weighted by Crippen LogP contribution is -2.11. The highest BCUT2D eigenvalue weighted by atomic mass is 15.1. The molecular weight excluding hydrogens is 807 g/mol. The SMILES string of the molecule is c1ccc(-c2ccc(-c3ccc(N(c4ccc(-c5ccc6c(ccc7ccccc76)c5)cc4)c4cc(-c5cccc6ccccc56)ccc4-c4ccccc4)cc3)cc2-c2ccccc2)cc1. The lowest BCUT2D eigenvalue weighted by molar-refractivity contribution is 1.28. The van der Waals surface area contributed by atoms with Gasteiger partial charge in [-0.1, -0.05) is 231 Å². The average Bonchev–Trinajstić information content (AvgIpc) is 3.41. The van der Waals surface area contributed by atoms with Gasteiger partial charge in [0.05, 0.1) is 5.69 Å². The van der Waals surface area contributed by atoms with E-state index >= 15 is 0 Å². The second-order valence-corrected chi connectivity index (χ2v) is 17.3. The summed E-state index contributed by atoms with van der Waals surface area (Å²) in [5.74, 6) is 0. The van der Waals surface area contributed by atoms with Crippen molar-refractivity contribution in [1.82, 2.24) is 0 Å².